The van der Waals surface area contributed by atoms with Gasteiger partial charge in [-0.25, -0.2) is 4.79 Å². The van der Waals surface area contributed by atoms with Crippen LogP contribution in [-0.4, -0.2) is 40.2 Å². The molecule has 0 radical (unpaired) electrons. The first-order valence-corrected chi connectivity index (χ1v) is 11.3. The van der Waals surface area contributed by atoms with Crippen molar-refractivity contribution in [1.82, 2.24) is 15.1 Å². The number of benzene rings is 3. The van der Waals surface area contributed by atoms with Crippen molar-refractivity contribution < 1.29 is 19.1 Å². The van der Waals surface area contributed by atoms with E-state index in [0.29, 0.717) is 11.1 Å². The van der Waals surface area contributed by atoms with Gasteiger partial charge in [0.15, 0.2) is 12.3 Å². The molecule has 4 rings (SSSR count). The number of amides is 2. The predicted octanol–water partition coefficient (Wildman–Crippen LogP) is 3.32. The molecule has 0 unspecified atom stereocenters. The summed E-state index contributed by atoms with van der Waals surface area (Å²) in [7, 11) is 0. The summed E-state index contributed by atoms with van der Waals surface area (Å²) in [5.41, 5.74) is 0.573. The van der Waals surface area contributed by atoms with Crippen LogP contribution in [0.15, 0.2) is 83.7 Å². The number of carbonyl (C=O) groups excluding carboxylic acids is 3. The lowest BCUT2D eigenvalue weighted by Crippen LogP contribution is -2.31. The van der Waals surface area contributed by atoms with E-state index in [4.69, 9.17) is 4.74 Å². The first-order chi connectivity index (χ1) is 17.3. The van der Waals surface area contributed by atoms with Crippen LogP contribution >= 0.6 is 0 Å². The number of ether oxygens (including phenoxy) is 1. The maximum atomic E-state index is 13.0. The Bertz CT molecular complexity index is 1500. The number of nitrogens with one attached hydrogen (secondary N) is 2. The topological polar surface area (TPSA) is 119 Å². The van der Waals surface area contributed by atoms with Crippen molar-refractivity contribution in [2.75, 3.05) is 11.9 Å². The number of para-hydroxylation sites is 2. The van der Waals surface area contributed by atoms with Gasteiger partial charge in [0.1, 0.15) is 0 Å². The number of anilines is 1. The summed E-state index contributed by atoms with van der Waals surface area (Å²) in [5, 5.41) is 10.2. The van der Waals surface area contributed by atoms with Gasteiger partial charge in [0, 0.05) is 11.4 Å². The molecule has 0 aliphatic carbocycles. The molecule has 0 spiro atoms. The van der Waals surface area contributed by atoms with E-state index in [9.17, 15) is 19.2 Å². The molecule has 0 saturated carbocycles. The third-order valence-electron chi connectivity index (χ3n) is 5.20. The van der Waals surface area contributed by atoms with Crippen LogP contribution in [0.3, 0.4) is 0 Å². The van der Waals surface area contributed by atoms with Crippen molar-refractivity contribution in [2.45, 2.75) is 19.9 Å². The zero-order valence-electron chi connectivity index (χ0n) is 19.7. The molecule has 0 atom stereocenters. The number of hydrogen-bond donors (Lipinski definition) is 2. The van der Waals surface area contributed by atoms with Gasteiger partial charge in [-0.1, -0.05) is 48.5 Å². The fourth-order valence-corrected chi connectivity index (χ4v) is 3.60. The second-order valence-electron chi connectivity index (χ2n) is 8.24. The summed E-state index contributed by atoms with van der Waals surface area (Å²) in [4.78, 5) is 50.9. The summed E-state index contributed by atoms with van der Waals surface area (Å²) in [6, 6.07) is 21.7. The maximum Gasteiger partial charge on any atom is 0.359 e. The second kappa shape index (κ2) is 10.6. The van der Waals surface area contributed by atoms with Gasteiger partial charge >= 0.3 is 5.97 Å². The Kier molecular flexibility index (Phi) is 7.20. The maximum absolute atomic E-state index is 13.0. The third kappa shape index (κ3) is 5.30. The molecule has 3 aromatic carbocycles. The summed E-state index contributed by atoms with van der Waals surface area (Å²) in [5.74, 6) is -1.83. The first-order valence-electron chi connectivity index (χ1n) is 11.3. The van der Waals surface area contributed by atoms with Crippen molar-refractivity contribution in [3.05, 3.63) is 100 Å². The highest BCUT2D eigenvalue weighted by Gasteiger charge is 2.20. The summed E-state index contributed by atoms with van der Waals surface area (Å²) in [6.45, 7) is 3.05. The number of nitrogens with zero attached hydrogens (tertiary/aromatic N) is 2. The fourth-order valence-electron chi connectivity index (χ4n) is 3.60. The number of carbonyl (C=O) groups is 3. The molecule has 9 heteroatoms. The lowest BCUT2D eigenvalue weighted by atomic mass is 10.1. The standard InChI is InChI=1S/C27H24N4O5/c1-17(2)28-25(33)21-14-8-9-15-22(21)29-23(32)16-36-27(35)24-19-12-6-7-13-20(19)26(34)31(30-24)18-10-4-3-5-11-18/h3-15,17H,16H2,1-2H3,(H,28,33)(H,29,32). The van der Waals surface area contributed by atoms with E-state index in [-0.39, 0.29) is 39.8 Å². The number of rotatable bonds is 7. The van der Waals surface area contributed by atoms with Crippen molar-refractivity contribution >= 4 is 34.2 Å². The van der Waals surface area contributed by atoms with Crippen LogP contribution in [0, 0.1) is 0 Å². The molecule has 1 aromatic heterocycles. The van der Waals surface area contributed by atoms with Crippen LogP contribution in [0.5, 0.6) is 0 Å². The van der Waals surface area contributed by atoms with Gasteiger partial charge in [-0.15, -0.1) is 0 Å². The van der Waals surface area contributed by atoms with E-state index in [1.807, 2.05) is 13.8 Å². The molecule has 0 aliphatic rings. The monoisotopic (exact) mass is 484 g/mol. The molecule has 1 heterocycles. The Morgan fingerprint density at radius 2 is 1.53 bits per heavy atom. The molecule has 9 nitrogen and oxygen atoms in total. The van der Waals surface area contributed by atoms with E-state index in [1.165, 1.54) is 0 Å². The van der Waals surface area contributed by atoms with Gasteiger partial charge in [-0.05, 0) is 44.2 Å². The first kappa shape index (κ1) is 24.3. The van der Waals surface area contributed by atoms with Crippen LogP contribution in [0.1, 0.15) is 34.7 Å². The van der Waals surface area contributed by atoms with E-state index in [1.54, 1.807) is 78.9 Å². The Labute approximate surface area is 206 Å². The number of esters is 1. The Morgan fingerprint density at radius 3 is 2.25 bits per heavy atom. The second-order valence-corrected chi connectivity index (χ2v) is 8.24. The van der Waals surface area contributed by atoms with Crippen LogP contribution in [0.25, 0.3) is 16.5 Å². The van der Waals surface area contributed by atoms with Crippen LogP contribution in [0.4, 0.5) is 5.69 Å². The number of hydrogen-bond acceptors (Lipinski definition) is 6. The molecule has 4 aromatic rings. The minimum absolute atomic E-state index is 0.0799. The highest BCUT2D eigenvalue weighted by molar-refractivity contribution is 6.05. The quantitative estimate of drug-likeness (QED) is 0.389. The Morgan fingerprint density at radius 1 is 0.889 bits per heavy atom. The molecule has 2 N–H and O–H groups in total. The fraction of sp³-hybridized carbons (Fsp3) is 0.148. The van der Waals surface area contributed by atoms with E-state index in [2.05, 4.69) is 15.7 Å². The lowest BCUT2D eigenvalue weighted by molar-refractivity contribution is -0.119. The molecular formula is C27H24N4O5. The van der Waals surface area contributed by atoms with Gasteiger partial charge in [-0.2, -0.15) is 9.78 Å². The normalized spacial score (nSPS) is 10.8. The van der Waals surface area contributed by atoms with Crippen LogP contribution < -0.4 is 16.2 Å². The smallest absolute Gasteiger partial charge is 0.359 e. The average Bonchev–Trinajstić information content (AvgIpc) is 2.88. The minimum Gasteiger partial charge on any atom is -0.451 e. The Hall–Kier alpha value is -4.79. The molecule has 2 amide bonds. The van der Waals surface area contributed by atoms with Crippen molar-refractivity contribution in [1.29, 1.82) is 0 Å². The lowest BCUT2D eigenvalue weighted by Gasteiger charge is -2.13. The molecule has 36 heavy (non-hydrogen) atoms. The molecule has 0 bridgehead atoms. The Balaban J connectivity index is 1.55. The molecule has 0 saturated heterocycles. The SMILES string of the molecule is CC(C)NC(=O)c1ccccc1NC(=O)COC(=O)c1nn(-c2ccccc2)c(=O)c2ccccc12. The molecule has 0 aliphatic heterocycles. The van der Waals surface area contributed by atoms with Gasteiger partial charge in [0.2, 0.25) is 0 Å². The third-order valence-corrected chi connectivity index (χ3v) is 5.20. The summed E-state index contributed by atoms with van der Waals surface area (Å²) in [6.07, 6.45) is 0. The number of fused-ring (bicyclic) bond motifs is 1. The zero-order chi connectivity index (χ0) is 25.7. The minimum atomic E-state index is -0.864. The summed E-state index contributed by atoms with van der Waals surface area (Å²) >= 11 is 0. The van der Waals surface area contributed by atoms with E-state index >= 15 is 0 Å². The van der Waals surface area contributed by atoms with Crippen molar-refractivity contribution in [2.24, 2.45) is 0 Å². The highest BCUT2D eigenvalue weighted by atomic mass is 16.5. The largest absolute Gasteiger partial charge is 0.451 e. The van der Waals surface area contributed by atoms with E-state index < -0.39 is 18.5 Å². The van der Waals surface area contributed by atoms with Gasteiger partial charge in [0.05, 0.1) is 22.3 Å². The average molecular weight is 485 g/mol. The molecular weight excluding hydrogens is 460 g/mol. The highest BCUT2D eigenvalue weighted by Crippen LogP contribution is 2.17. The van der Waals surface area contributed by atoms with E-state index in [0.717, 1.165) is 4.68 Å². The molecule has 0 fully saturated rings. The van der Waals surface area contributed by atoms with Crippen molar-refractivity contribution in [3.63, 3.8) is 0 Å². The van der Waals surface area contributed by atoms with Gasteiger partial charge in [-0.3, -0.25) is 14.4 Å². The zero-order valence-corrected chi connectivity index (χ0v) is 19.7. The van der Waals surface area contributed by atoms with Gasteiger partial charge < -0.3 is 15.4 Å². The summed E-state index contributed by atoms with van der Waals surface area (Å²) < 4.78 is 6.36. The van der Waals surface area contributed by atoms with Crippen LogP contribution in [0.2, 0.25) is 0 Å². The van der Waals surface area contributed by atoms with Crippen LogP contribution in [-0.2, 0) is 9.53 Å². The number of aromatic nitrogens is 2. The van der Waals surface area contributed by atoms with Gasteiger partial charge in [0.25, 0.3) is 17.4 Å². The predicted molar refractivity (Wildman–Crippen MR) is 135 cm³/mol. The van der Waals surface area contributed by atoms with Crippen molar-refractivity contribution in [3.8, 4) is 5.69 Å². The molecule has 182 valence electrons.